The molecule has 1 atom stereocenters. The fourth-order valence-electron chi connectivity index (χ4n) is 2.41. The van der Waals surface area contributed by atoms with Crippen molar-refractivity contribution >= 4 is 30.8 Å². The number of esters is 1. The smallest absolute Gasteiger partial charge is 0.325 e. The van der Waals surface area contributed by atoms with Crippen LogP contribution >= 0.6 is 0 Å². The number of ether oxygens (including phenoxy) is 2. The molecule has 1 unspecified atom stereocenters. The maximum atomic E-state index is 11.4. The molecule has 24 heavy (non-hydrogen) atoms. The van der Waals surface area contributed by atoms with Crippen LogP contribution in [0.15, 0.2) is 24.3 Å². The van der Waals surface area contributed by atoms with Crippen LogP contribution in [0.25, 0.3) is 0 Å². The number of carbonyl (C=O) groups excluding carboxylic acids is 4. The second-order valence-corrected chi connectivity index (χ2v) is 5.38. The number of carbonyl (C=O) groups is 4. The zero-order chi connectivity index (χ0) is 17.6. The minimum absolute atomic E-state index is 0.155. The second kappa shape index (κ2) is 7.58. The Morgan fingerprint density at radius 1 is 1.38 bits per heavy atom. The molecular formula is C16H18N2O6. The molecule has 0 aliphatic heterocycles. The predicted octanol–water partition coefficient (Wildman–Crippen LogP) is 0.633. The predicted molar refractivity (Wildman–Crippen MR) is 82.8 cm³/mol. The summed E-state index contributed by atoms with van der Waals surface area (Å²) in [5, 5.41) is 3.20. The van der Waals surface area contributed by atoms with Crippen molar-refractivity contribution in [2.24, 2.45) is 0 Å². The maximum absolute atomic E-state index is 11.4. The third-order valence-electron chi connectivity index (χ3n) is 3.85. The molecule has 1 fully saturated rings. The van der Waals surface area contributed by atoms with Gasteiger partial charge in [0.2, 0.25) is 6.41 Å². The quantitative estimate of drug-likeness (QED) is 0.380. The number of anilines is 1. The molecule has 0 radical (unpaired) electrons. The molecule has 1 aliphatic carbocycles. The van der Waals surface area contributed by atoms with Gasteiger partial charge in [0.15, 0.2) is 12.4 Å². The minimum atomic E-state index is -0.989. The summed E-state index contributed by atoms with van der Waals surface area (Å²) in [5.41, 5.74) is 0.489. The normalized spacial score (nSPS) is 15.5. The molecular weight excluding hydrogens is 316 g/mol. The highest BCUT2D eigenvalue weighted by atomic mass is 16.5. The molecule has 1 aromatic rings. The molecule has 8 nitrogen and oxygen atoms in total. The number of hydrogen-bond acceptors (Lipinski definition) is 7. The lowest BCUT2D eigenvalue weighted by Gasteiger charge is -2.29. The SMILES string of the molecule is COC(=O)CN(C=O)C1(Nc2cccc(C(C=O)OC=O)c2)CC1. The van der Waals surface area contributed by atoms with Crippen LogP contribution in [0.1, 0.15) is 24.5 Å². The number of nitrogens with zero attached hydrogens (tertiary/aromatic N) is 1. The van der Waals surface area contributed by atoms with Crippen LogP contribution in [0.4, 0.5) is 5.69 Å². The number of hydrogen-bond donors (Lipinski definition) is 1. The van der Waals surface area contributed by atoms with Crippen molar-refractivity contribution < 1.29 is 28.7 Å². The highest BCUT2D eigenvalue weighted by Crippen LogP contribution is 2.41. The van der Waals surface area contributed by atoms with Gasteiger partial charge in [-0.05, 0) is 25.0 Å². The molecule has 2 rings (SSSR count). The highest BCUT2D eigenvalue weighted by molar-refractivity contribution is 5.75. The van der Waals surface area contributed by atoms with E-state index in [9.17, 15) is 19.2 Å². The van der Waals surface area contributed by atoms with Crippen molar-refractivity contribution in [3.63, 3.8) is 0 Å². The van der Waals surface area contributed by atoms with Gasteiger partial charge in [-0.3, -0.25) is 19.2 Å². The van der Waals surface area contributed by atoms with E-state index in [-0.39, 0.29) is 13.0 Å². The Morgan fingerprint density at radius 3 is 2.67 bits per heavy atom. The van der Waals surface area contributed by atoms with Gasteiger partial charge in [-0.2, -0.15) is 0 Å². The second-order valence-electron chi connectivity index (χ2n) is 5.38. The Bertz CT molecular complexity index is 629. The number of amides is 1. The lowest BCUT2D eigenvalue weighted by atomic mass is 10.1. The van der Waals surface area contributed by atoms with E-state index >= 15 is 0 Å². The van der Waals surface area contributed by atoms with Crippen LogP contribution in [-0.2, 0) is 28.7 Å². The van der Waals surface area contributed by atoms with E-state index in [4.69, 9.17) is 4.74 Å². The van der Waals surface area contributed by atoms with Crippen LogP contribution < -0.4 is 5.32 Å². The lowest BCUT2D eigenvalue weighted by molar-refractivity contribution is -0.145. The summed E-state index contributed by atoms with van der Waals surface area (Å²) in [6.45, 7) is 0.0595. The molecule has 128 valence electrons. The average molecular weight is 334 g/mol. The third kappa shape index (κ3) is 3.89. The Kier molecular flexibility index (Phi) is 5.51. The zero-order valence-electron chi connectivity index (χ0n) is 13.1. The van der Waals surface area contributed by atoms with Crippen molar-refractivity contribution in [2.45, 2.75) is 24.6 Å². The molecule has 1 amide bonds. The molecule has 0 aromatic heterocycles. The Hall–Kier alpha value is -2.90. The number of rotatable bonds is 10. The van der Waals surface area contributed by atoms with E-state index in [2.05, 4.69) is 10.1 Å². The van der Waals surface area contributed by atoms with Crippen molar-refractivity contribution in [1.29, 1.82) is 0 Å². The summed E-state index contributed by atoms with van der Waals surface area (Å²) >= 11 is 0. The summed E-state index contributed by atoms with van der Waals surface area (Å²) in [4.78, 5) is 45.5. The average Bonchev–Trinajstić information content (AvgIpc) is 3.37. The van der Waals surface area contributed by atoms with Crippen LogP contribution in [0.5, 0.6) is 0 Å². The first-order valence-corrected chi connectivity index (χ1v) is 7.30. The van der Waals surface area contributed by atoms with E-state index in [1.54, 1.807) is 24.3 Å². The molecule has 1 aliphatic rings. The van der Waals surface area contributed by atoms with E-state index in [1.807, 2.05) is 0 Å². The summed E-state index contributed by atoms with van der Waals surface area (Å²) in [6, 6.07) is 6.76. The molecule has 0 bridgehead atoms. The van der Waals surface area contributed by atoms with Gasteiger partial charge in [0.1, 0.15) is 12.2 Å². The maximum Gasteiger partial charge on any atom is 0.325 e. The standard InChI is InChI=1S/C16H18N2O6/c1-23-15(22)8-18(10-20)16(5-6-16)17-13-4-2-3-12(7-13)14(9-19)24-11-21/h2-4,7,9-11,14,17H,5-6,8H2,1H3. The van der Waals surface area contributed by atoms with Gasteiger partial charge in [0.25, 0.3) is 6.47 Å². The number of benzene rings is 1. The molecule has 0 heterocycles. The van der Waals surface area contributed by atoms with Crippen molar-refractivity contribution in [1.82, 2.24) is 4.90 Å². The van der Waals surface area contributed by atoms with E-state index in [1.165, 1.54) is 12.0 Å². The minimum Gasteiger partial charge on any atom is -0.468 e. The number of aldehydes is 1. The van der Waals surface area contributed by atoms with Gasteiger partial charge in [0, 0.05) is 11.3 Å². The molecule has 1 saturated carbocycles. The number of nitrogens with one attached hydrogen (secondary N) is 1. The first-order chi connectivity index (χ1) is 11.6. The molecule has 1 N–H and O–H groups in total. The van der Waals surface area contributed by atoms with Gasteiger partial charge in [-0.25, -0.2) is 0 Å². The molecule has 0 spiro atoms. The van der Waals surface area contributed by atoms with Crippen molar-refractivity contribution in [3.05, 3.63) is 29.8 Å². The van der Waals surface area contributed by atoms with Crippen LogP contribution in [0.2, 0.25) is 0 Å². The highest BCUT2D eigenvalue weighted by Gasteiger charge is 2.48. The molecule has 8 heteroatoms. The van der Waals surface area contributed by atoms with E-state index in [0.29, 0.717) is 36.8 Å². The fourth-order valence-corrected chi connectivity index (χ4v) is 2.41. The van der Waals surface area contributed by atoms with Gasteiger partial charge in [-0.1, -0.05) is 12.1 Å². The van der Waals surface area contributed by atoms with Crippen LogP contribution in [0, 0.1) is 0 Å². The van der Waals surface area contributed by atoms with Gasteiger partial charge in [0.05, 0.1) is 7.11 Å². The topological polar surface area (TPSA) is 102 Å². The van der Waals surface area contributed by atoms with E-state index in [0.717, 1.165) is 0 Å². The summed E-state index contributed by atoms with van der Waals surface area (Å²) < 4.78 is 9.30. The largest absolute Gasteiger partial charge is 0.468 e. The summed E-state index contributed by atoms with van der Waals surface area (Å²) in [7, 11) is 1.26. The van der Waals surface area contributed by atoms with Gasteiger partial charge < -0.3 is 19.7 Å². The van der Waals surface area contributed by atoms with Crippen LogP contribution in [0.3, 0.4) is 0 Å². The molecule has 0 saturated heterocycles. The van der Waals surface area contributed by atoms with Crippen LogP contribution in [-0.4, -0.2) is 49.4 Å². The van der Waals surface area contributed by atoms with Gasteiger partial charge in [-0.15, -0.1) is 0 Å². The first-order valence-electron chi connectivity index (χ1n) is 7.30. The van der Waals surface area contributed by atoms with E-state index < -0.39 is 17.7 Å². The summed E-state index contributed by atoms with van der Waals surface area (Å²) in [6.07, 6.45) is 1.49. The zero-order valence-corrected chi connectivity index (χ0v) is 13.1. The summed E-state index contributed by atoms with van der Waals surface area (Å²) in [5.74, 6) is -0.510. The first kappa shape index (κ1) is 17.5. The Morgan fingerprint density at radius 2 is 2.12 bits per heavy atom. The lowest BCUT2D eigenvalue weighted by Crippen LogP contribution is -2.45. The van der Waals surface area contributed by atoms with Crippen molar-refractivity contribution in [2.75, 3.05) is 19.0 Å². The van der Waals surface area contributed by atoms with Gasteiger partial charge >= 0.3 is 5.97 Å². The van der Waals surface area contributed by atoms with Crippen molar-refractivity contribution in [3.8, 4) is 0 Å². The Balaban J connectivity index is 2.15. The third-order valence-corrected chi connectivity index (χ3v) is 3.85. The number of methoxy groups -OCH3 is 1. The molecule has 1 aromatic carbocycles. The monoisotopic (exact) mass is 334 g/mol. The Labute approximate surface area is 138 Å². The fraction of sp³-hybridized carbons (Fsp3) is 0.375.